The number of hydrogen-bond acceptors (Lipinski definition) is 4. The van der Waals surface area contributed by atoms with Gasteiger partial charge in [0.25, 0.3) is 0 Å². The molecule has 0 aliphatic carbocycles. The number of methoxy groups -OCH3 is 1. The second-order valence-corrected chi connectivity index (χ2v) is 4.46. The van der Waals surface area contributed by atoms with Gasteiger partial charge in [-0.2, -0.15) is 0 Å². The molecule has 4 nitrogen and oxygen atoms in total. The molecule has 19 heavy (non-hydrogen) atoms. The molecule has 0 bridgehead atoms. The summed E-state index contributed by atoms with van der Waals surface area (Å²) in [6.07, 6.45) is -0.427. The fourth-order valence-electron chi connectivity index (χ4n) is 2.01. The molecule has 0 saturated heterocycles. The van der Waals surface area contributed by atoms with E-state index in [0.29, 0.717) is 5.56 Å². The maximum absolute atomic E-state index is 10.0. The minimum atomic E-state index is -0.427. The summed E-state index contributed by atoms with van der Waals surface area (Å²) in [5.74, 6) is -0.285. The normalized spacial score (nSPS) is 12.3. The van der Waals surface area contributed by atoms with Gasteiger partial charge in [-0.05, 0) is 24.6 Å². The van der Waals surface area contributed by atoms with Gasteiger partial charge in [-0.15, -0.1) is 0 Å². The Morgan fingerprint density at radius 1 is 1.05 bits per heavy atom. The predicted molar refractivity (Wildman–Crippen MR) is 74.2 cm³/mol. The lowest BCUT2D eigenvalue weighted by Gasteiger charge is -2.19. The van der Waals surface area contributed by atoms with Crippen LogP contribution >= 0.6 is 0 Å². The zero-order valence-electron chi connectivity index (χ0n) is 10.9. The summed E-state index contributed by atoms with van der Waals surface area (Å²) in [5.41, 5.74) is 8.17. The van der Waals surface area contributed by atoms with Crippen LogP contribution in [0.15, 0.2) is 36.4 Å². The van der Waals surface area contributed by atoms with Gasteiger partial charge >= 0.3 is 0 Å². The van der Waals surface area contributed by atoms with E-state index in [4.69, 9.17) is 10.5 Å². The van der Waals surface area contributed by atoms with E-state index >= 15 is 0 Å². The third kappa shape index (κ3) is 2.48. The molecule has 2 aromatic carbocycles. The molecule has 1 atom stereocenters. The van der Waals surface area contributed by atoms with Crippen LogP contribution in [0.2, 0.25) is 0 Å². The Kier molecular flexibility index (Phi) is 3.62. The molecule has 4 heteroatoms. The van der Waals surface area contributed by atoms with E-state index in [1.807, 2.05) is 31.2 Å². The molecule has 100 valence electrons. The summed E-state index contributed by atoms with van der Waals surface area (Å²) in [6, 6.07) is 10.9. The first-order chi connectivity index (χ1) is 9.04. The fourth-order valence-corrected chi connectivity index (χ4v) is 2.01. The van der Waals surface area contributed by atoms with Gasteiger partial charge in [0.1, 0.15) is 23.3 Å². The first-order valence-electron chi connectivity index (χ1n) is 5.94. The van der Waals surface area contributed by atoms with Gasteiger partial charge in [0.15, 0.2) is 0 Å². The van der Waals surface area contributed by atoms with Crippen molar-refractivity contribution in [3.63, 3.8) is 0 Å². The molecule has 0 saturated carbocycles. The van der Waals surface area contributed by atoms with Crippen LogP contribution in [0.4, 0.5) is 5.69 Å². The van der Waals surface area contributed by atoms with Gasteiger partial charge in [0.05, 0.1) is 0 Å². The number of nitrogens with two attached hydrogens (primary N) is 1. The Morgan fingerprint density at radius 2 is 1.68 bits per heavy atom. The molecule has 0 aliphatic rings. The van der Waals surface area contributed by atoms with Crippen LogP contribution in [0, 0.1) is 6.92 Å². The third-order valence-corrected chi connectivity index (χ3v) is 3.12. The summed E-state index contributed by atoms with van der Waals surface area (Å²) >= 11 is 0. The summed E-state index contributed by atoms with van der Waals surface area (Å²) in [5, 5.41) is 19.5. The fraction of sp³-hybridized carbons (Fsp3) is 0.200. The number of benzene rings is 2. The maximum Gasteiger partial charge on any atom is 0.148 e. The number of nitrogen functional groups attached to an aromatic ring is 1. The summed E-state index contributed by atoms with van der Waals surface area (Å²) in [6.45, 7) is 2.00. The second-order valence-electron chi connectivity index (χ2n) is 4.46. The third-order valence-electron chi connectivity index (χ3n) is 3.12. The Balaban J connectivity index is 2.48. The van der Waals surface area contributed by atoms with E-state index in [-0.39, 0.29) is 17.2 Å². The van der Waals surface area contributed by atoms with Crippen molar-refractivity contribution in [2.24, 2.45) is 0 Å². The summed E-state index contributed by atoms with van der Waals surface area (Å²) < 4.78 is 5.44. The quantitative estimate of drug-likeness (QED) is 0.585. The van der Waals surface area contributed by atoms with Crippen LogP contribution in [0.5, 0.6) is 11.5 Å². The number of rotatable bonds is 3. The van der Waals surface area contributed by atoms with Gasteiger partial charge < -0.3 is 20.7 Å². The van der Waals surface area contributed by atoms with Crippen molar-refractivity contribution in [1.29, 1.82) is 0 Å². The first kappa shape index (κ1) is 13.2. The van der Waals surface area contributed by atoms with Crippen LogP contribution in [0.3, 0.4) is 0 Å². The van der Waals surface area contributed by atoms with Gasteiger partial charge in [-0.25, -0.2) is 0 Å². The molecule has 0 amide bonds. The van der Waals surface area contributed by atoms with E-state index < -0.39 is 6.10 Å². The molecule has 0 aromatic heterocycles. The highest BCUT2D eigenvalue weighted by atomic mass is 16.5. The molecule has 2 rings (SSSR count). The molecule has 0 radical (unpaired) electrons. The minimum Gasteiger partial charge on any atom is -0.506 e. The molecule has 0 fully saturated rings. The van der Waals surface area contributed by atoms with Crippen LogP contribution in [-0.4, -0.2) is 17.3 Å². The van der Waals surface area contributed by atoms with E-state index in [1.54, 1.807) is 13.2 Å². The minimum absolute atomic E-state index is 0.0355. The average molecular weight is 259 g/mol. The van der Waals surface area contributed by atoms with E-state index in [1.165, 1.54) is 6.07 Å². The van der Waals surface area contributed by atoms with Crippen LogP contribution < -0.4 is 5.73 Å². The zero-order valence-corrected chi connectivity index (χ0v) is 10.9. The lowest BCUT2D eigenvalue weighted by molar-refractivity contribution is 0.134. The summed E-state index contributed by atoms with van der Waals surface area (Å²) in [4.78, 5) is 0. The second kappa shape index (κ2) is 5.20. The van der Waals surface area contributed by atoms with Gasteiger partial charge in [-0.3, -0.25) is 0 Å². The van der Waals surface area contributed by atoms with Crippen molar-refractivity contribution in [2.75, 3.05) is 12.8 Å². The Labute approximate surface area is 112 Å². The van der Waals surface area contributed by atoms with Crippen LogP contribution in [-0.2, 0) is 4.74 Å². The molecular formula is C15H17NO3. The molecule has 2 aromatic rings. The lowest BCUT2D eigenvalue weighted by atomic mass is 9.98. The number of phenolic OH excluding ortho intramolecular Hbond substituents is 2. The molecular weight excluding hydrogens is 242 g/mol. The topological polar surface area (TPSA) is 75.7 Å². The maximum atomic E-state index is 10.0. The van der Waals surface area contributed by atoms with Crippen LogP contribution in [0.1, 0.15) is 22.8 Å². The molecule has 1 unspecified atom stereocenters. The van der Waals surface area contributed by atoms with Crippen molar-refractivity contribution < 1.29 is 14.9 Å². The van der Waals surface area contributed by atoms with Crippen molar-refractivity contribution in [2.45, 2.75) is 13.0 Å². The first-order valence-corrected chi connectivity index (χ1v) is 5.94. The van der Waals surface area contributed by atoms with E-state index in [0.717, 1.165) is 11.1 Å². The highest BCUT2D eigenvalue weighted by molar-refractivity contribution is 5.65. The van der Waals surface area contributed by atoms with E-state index in [2.05, 4.69) is 0 Å². The molecule has 0 spiro atoms. The monoisotopic (exact) mass is 259 g/mol. The smallest absolute Gasteiger partial charge is 0.148 e. The lowest BCUT2D eigenvalue weighted by Crippen LogP contribution is -2.05. The van der Waals surface area contributed by atoms with Crippen LogP contribution in [0.25, 0.3) is 0 Å². The Morgan fingerprint density at radius 3 is 2.26 bits per heavy atom. The standard InChI is InChI=1S/C15H17NO3/c1-9-3-5-10(6-4-9)15(19-2)11-7-8-12(17)13(16)14(11)18/h3-8,15,17-18H,16H2,1-2H3. The molecule has 0 aliphatic heterocycles. The predicted octanol–water partition coefficient (Wildman–Crippen LogP) is 2.72. The van der Waals surface area contributed by atoms with Crippen molar-refractivity contribution in [3.05, 3.63) is 53.1 Å². The number of hydrogen-bond donors (Lipinski definition) is 3. The van der Waals surface area contributed by atoms with Crippen molar-refractivity contribution >= 4 is 5.69 Å². The summed E-state index contributed by atoms with van der Waals surface area (Å²) in [7, 11) is 1.56. The largest absolute Gasteiger partial charge is 0.506 e. The number of phenols is 2. The molecule has 0 heterocycles. The average Bonchev–Trinajstić information content (AvgIpc) is 2.41. The van der Waals surface area contributed by atoms with Crippen molar-refractivity contribution in [3.8, 4) is 11.5 Å². The Hall–Kier alpha value is -2.20. The number of anilines is 1. The van der Waals surface area contributed by atoms with Crippen molar-refractivity contribution in [1.82, 2.24) is 0 Å². The van der Waals surface area contributed by atoms with E-state index in [9.17, 15) is 10.2 Å². The SMILES string of the molecule is COC(c1ccc(C)cc1)c1ccc(O)c(N)c1O. The van der Waals surface area contributed by atoms with Gasteiger partial charge in [-0.1, -0.05) is 29.8 Å². The van der Waals surface area contributed by atoms with Gasteiger partial charge in [0, 0.05) is 12.7 Å². The number of ether oxygens (including phenoxy) is 1. The highest BCUT2D eigenvalue weighted by Gasteiger charge is 2.19. The molecule has 4 N–H and O–H groups in total. The van der Waals surface area contributed by atoms with Gasteiger partial charge in [0.2, 0.25) is 0 Å². The Bertz CT molecular complexity index is 579. The zero-order chi connectivity index (χ0) is 14.0. The number of aromatic hydroxyl groups is 2. The number of aryl methyl sites for hydroxylation is 1. The highest BCUT2D eigenvalue weighted by Crippen LogP contribution is 2.39.